The fourth-order valence-electron chi connectivity index (χ4n) is 3.19. The highest BCUT2D eigenvalue weighted by atomic mass is 35.5. The van der Waals surface area contributed by atoms with Crippen LogP contribution in [0.25, 0.3) is 0 Å². The van der Waals surface area contributed by atoms with E-state index in [0.717, 1.165) is 25.0 Å². The summed E-state index contributed by atoms with van der Waals surface area (Å²) in [5.74, 6) is -0.848. The van der Waals surface area contributed by atoms with E-state index in [2.05, 4.69) is 5.32 Å². The van der Waals surface area contributed by atoms with Gasteiger partial charge in [-0.05, 0) is 30.9 Å². The van der Waals surface area contributed by atoms with Crippen molar-refractivity contribution in [2.75, 3.05) is 26.2 Å². The van der Waals surface area contributed by atoms with Gasteiger partial charge in [0.05, 0.1) is 10.6 Å². The number of halogens is 7. The molecular weight excluding hydrogens is 391 g/mol. The molecule has 1 aromatic rings. The summed E-state index contributed by atoms with van der Waals surface area (Å²) in [4.78, 5) is 1.96. The summed E-state index contributed by atoms with van der Waals surface area (Å²) in [5, 5.41) is 2.92. The van der Waals surface area contributed by atoms with Gasteiger partial charge in [0.2, 0.25) is 0 Å². The van der Waals surface area contributed by atoms with Crippen molar-refractivity contribution in [3.05, 3.63) is 34.1 Å². The summed E-state index contributed by atoms with van der Waals surface area (Å²) < 4.78 is 54.5. The van der Waals surface area contributed by atoms with Crippen molar-refractivity contribution in [2.24, 2.45) is 5.92 Å². The number of nitrogens with zero attached hydrogens (tertiary/aromatic N) is 1. The van der Waals surface area contributed by atoms with E-state index in [1.165, 1.54) is 0 Å². The van der Waals surface area contributed by atoms with Crippen molar-refractivity contribution in [3.63, 3.8) is 0 Å². The molecule has 3 rings (SSSR count). The van der Waals surface area contributed by atoms with Crippen LogP contribution in [0, 0.1) is 11.7 Å². The molecule has 0 bridgehead atoms. The van der Waals surface area contributed by atoms with Gasteiger partial charge < -0.3 is 5.32 Å². The topological polar surface area (TPSA) is 15.3 Å². The van der Waals surface area contributed by atoms with Crippen LogP contribution in [0.1, 0.15) is 30.0 Å². The Morgan fingerprint density at radius 1 is 1.12 bits per heavy atom. The second-order valence-electron chi connectivity index (χ2n) is 5.89. The Morgan fingerprint density at radius 2 is 1.71 bits per heavy atom. The molecule has 1 N–H and O–H groups in total. The van der Waals surface area contributed by atoms with Crippen LogP contribution in [0.4, 0.5) is 17.6 Å². The van der Waals surface area contributed by atoms with E-state index in [1.54, 1.807) is 0 Å². The van der Waals surface area contributed by atoms with Gasteiger partial charge in [-0.1, -0.05) is 11.6 Å². The zero-order valence-corrected chi connectivity index (χ0v) is 15.1. The van der Waals surface area contributed by atoms with Gasteiger partial charge in [0.15, 0.2) is 0 Å². The van der Waals surface area contributed by atoms with Gasteiger partial charge in [0.25, 0.3) is 0 Å². The molecule has 1 saturated heterocycles. The van der Waals surface area contributed by atoms with Crippen LogP contribution in [-0.4, -0.2) is 31.1 Å². The molecule has 1 aliphatic heterocycles. The van der Waals surface area contributed by atoms with E-state index in [1.807, 2.05) is 4.90 Å². The van der Waals surface area contributed by atoms with E-state index in [-0.39, 0.29) is 41.3 Å². The van der Waals surface area contributed by atoms with Crippen LogP contribution in [-0.2, 0) is 6.18 Å². The van der Waals surface area contributed by atoms with Gasteiger partial charge in [-0.25, -0.2) is 4.39 Å². The van der Waals surface area contributed by atoms with Gasteiger partial charge in [-0.3, -0.25) is 4.90 Å². The summed E-state index contributed by atoms with van der Waals surface area (Å²) in [6.45, 7) is 2.63. The molecule has 2 aliphatic rings. The first-order chi connectivity index (χ1) is 10.4. The number of piperazine rings is 1. The first-order valence-corrected chi connectivity index (χ1v) is 7.77. The summed E-state index contributed by atoms with van der Waals surface area (Å²) >= 11 is 5.77. The zero-order chi connectivity index (χ0) is 15.9. The molecule has 2 fully saturated rings. The van der Waals surface area contributed by atoms with Crippen LogP contribution >= 0.6 is 36.4 Å². The van der Waals surface area contributed by atoms with Gasteiger partial charge in [0.1, 0.15) is 5.82 Å². The van der Waals surface area contributed by atoms with Gasteiger partial charge in [-0.2, -0.15) is 13.2 Å². The minimum atomic E-state index is -4.58. The van der Waals surface area contributed by atoms with Crippen LogP contribution in [0.3, 0.4) is 0 Å². The highest BCUT2D eigenvalue weighted by Crippen LogP contribution is 2.49. The van der Waals surface area contributed by atoms with Gasteiger partial charge in [0, 0.05) is 37.8 Å². The Hall–Kier alpha value is -0.270. The first kappa shape index (κ1) is 21.8. The lowest BCUT2D eigenvalue weighted by Crippen LogP contribution is -2.46. The third-order valence-corrected chi connectivity index (χ3v) is 4.64. The number of rotatable bonds is 3. The molecular formula is C15H19Cl3F4N2. The summed E-state index contributed by atoms with van der Waals surface area (Å²) in [5.41, 5.74) is -1.17. The van der Waals surface area contributed by atoms with Crippen molar-refractivity contribution in [2.45, 2.75) is 25.1 Å². The predicted octanol–water partition coefficient (Wildman–Crippen LogP) is 4.70. The normalized spacial score (nSPS) is 20.0. The number of hydrogen-bond donors (Lipinski definition) is 1. The minimum Gasteiger partial charge on any atom is -0.314 e. The largest absolute Gasteiger partial charge is 0.416 e. The standard InChI is InChI=1S/C15H17ClF4N2.2ClH/c16-11-4-3-10(15(18,19)20)12(13(11)17)14(9-1-2-9)22-7-5-21-6-8-22;;/h3-4,9,14,21H,1-2,5-8H2;2*1H/t14-;;/m1../s1. The molecule has 0 aromatic heterocycles. The third kappa shape index (κ3) is 4.47. The number of alkyl halides is 3. The molecule has 1 saturated carbocycles. The lowest BCUT2D eigenvalue weighted by atomic mass is 9.93. The zero-order valence-electron chi connectivity index (χ0n) is 12.7. The highest BCUT2D eigenvalue weighted by Gasteiger charge is 2.44. The Bertz CT molecular complexity index is 558. The fourth-order valence-corrected chi connectivity index (χ4v) is 3.36. The molecule has 0 radical (unpaired) electrons. The van der Waals surface area contributed by atoms with Crippen molar-refractivity contribution in [3.8, 4) is 0 Å². The smallest absolute Gasteiger partial charge is 0.314 e. The molecule has 138 valence electrons. The van der Waals surface area contributed by atoms with E-state index in [9.17, 15) is 17.6 Å². The number of benzene rings is 1. The summed E-state index contributed by atoms with van der Waals surface area (Å²) in [7, 11) is 0. The molecule has 1 heterocycles. The maximum atomic E-state index is 14.5. The molecule has 0 unspecified atom stereocenters. The SMILES string of the molecule is Cl.Cl.Fc1c(Cl)ccc(C(F)(F)F)c1[C@@H](C1CC1)N1CCNCC1. The molecule has 0 spiro atoms. The Labute approximate surface area is 155 Å². The maximum Gasteiger partial charge on any atom is 0.416 e. The molecule has 0 amide bonds. The van der Waals surface area contributed by atoms with Gasteiger partial charge >= 0.3 is 6.18 Å². The molecule has 1 atom stereocenters. The Kier molecular flexibility index (Phi) is 7.63. The first-order valence-electron chi connectivity index (χ1n) is 7.39. The van der Waals surface area contributed by atoms with E-state index >= 15 is 0 Å². The van der Waals surface area contributed by atoms with Crippen molar-refractivity contribution < 1.29 is 17.6 Å². The average molecular weight is 410 g/mol. The molecule has 24 heavy (non-hydrogen) atoms. The monoisotopic (exact) mass is 408 g/mol. The quantitative estimate of drug-likeness (QED) is 0.728. The van der Waals surface area contributed by atoms with Crippen molar-refractivity contribution in [1.29, 1.82) is 0 Å². The van der Waals surface area contributed by atoms with Gasteiger partial charge in [-0.15, -0.1) is 24.8 Å². The van der Waals surface area contributed by atoms with Crippen LogP contribution < -0.4 is 5.32 Å². The van der Waals surface area contributed by atoms with E-state index in [0.29, 0.717) is 26.2 Å². The second-order valence-corrected chi connectivity index (χ2v) is 6.30. The Balaban J connectivity index is 0.00000144. The maximum absolute atomic E-state index is 14.5. The minimum absolute atomic E-state index is 0. The predicted molar refractivity (Wildman–Crippen MR) is 90.8 cm³/mol. The number of nitrogens with one attached hydrogen (secondary N) is 1. The Morgan fingerprint density at radius 3 is 2.21 bits per heavy atom. The molecule has 1 aromatic carbocycles. The van der Waals surface area contributed by atoms with E-state index < -0.39 is 23.6 Å². The van der Waals surface area contributed by atoms with Crippen LogP contribution in [0.5, 0.6) is 0 Å². The fraction of sp³-hybridized carbons (Fsp3) is 0.600. The molecule has 1 aliphatic carbocycles. The molecule has 2 nitrogen and oxygen atoms in total. The lowest BCUT2D eigenvalue weighted by molar-refractivity contribution is -0.139. The average Bonchev–Trinajstić information content (AvgIpc) is 3.28. The third-order valence-electron chi connectivity index (χ3n) is 4.35. The van der Waals surface area contributed by atoms with Crippen molar-refractivity contribution >= 4 is 36.4 Å². The number of hydrogen-bond acceptors (Lipinski definition) is 2. The second kappa shape index (κ2) is 8.41. The summed E-state index contributed by atoms with van der Waals surface area (Å²) in [6.07, 6.45) is -2.92. The lowest BCUT2D eigenvalue weighted by Gasteiger charge is -2.36. The highest BCUT2D eigenvalue weighted by molar-refractivity contribution is 6.30. The van der Waals surface area contributed by atoms with Crippen LogP contribution in [0.15, 0.2) is 12.1 Å². The van der Waals surface area contributed by atoms with Crippen LogP contribution in [0.2, 0.25) is 5.02 Å². The van der Waals surface area contributed by atoms with Crippen molar-refractivity contribution in [1.82, 2.24) is 10.2 Å². The van der Waals surface area contributed by atoms with E-state index in [4.69, 9.17) is 11.6 Å². The summed E-state index contributed by atoms with van der Waals surface area (Å²) in [6, 6.07) is 1.35. The molecule has 9 heteroatoms.